The Morgan fingerprint density at radius 2 is 1.09 bits per heavy atom. The van der Waals surface area contributed by atoms with Crippen molar-refractivity contribution in [3.8, 4) is 0 Å². The maximum absolute atomic E-state index is 14.7. The highest BCUT2D eigenvalue weighted by Crippen LogP contribution is 2.35. The molecule has 5 aromatic carbocycles. The molecule has 0 aliphatic carbocycles. The molecule has 0 unspecified atom stereocenters. The monoisotopic (exact) mass is 777 g/mol. The van der Waals surface area contributed by atoms with Crippen LogP contribution in [0.4, 0.5) is 4.79 Å². The lowest BCUT2D eigenvalue weighted by molar-refractivity contribution is -0.287. The fraction of sp³-hybridized carbons (Fsp3) is 0.267. The summed E-state index contributed by atoms with van der Waals surface area (Å²) in [6.07, 6.45) is -5.42. The van der Waals surface area contributed by atoms with Crippen molar-refractivity contribution in [2.45, 2.75) is 68.9 Å². The predicted molar refractivity (Wildman–Crippen MR) is 212 cm³/mol. The van der Waals surface area contributed by atoms with Gasteiger partial charge in [-0.15, -0.1) is 0 Å². The topological polar surface area (TPSA) is 110 Å². The molecular formula is C45H47NO9S. The van der Waals surface area contributed by atoms with Gasteiger partial charge in [0.1, 0.15) is 31.0 Å². The molecule has 0 aromatic heterocycles. The Hall–Kier alpha value is -5.14. The third kappa shape index (κ3) is 10.8. The van der Waals surface area contributed by atoms with Crippen LogP contribution in [0.1, 0.15) is 27.8 Å². The van der Waals surface area contributed by atoms with E-state index >= 15 is 0 Å². The molecule has 1 heterocycles. The smallest absolute Gasteiger partial charge is 0.426 e. The van der Waals surface area contributed by atoms with E-state index in [0.717, 1.165) is 27.8 Å². The van der Waals surface area contributed by atoms with Gasteiger partial charge in [0.25, 0.3) is 10.0 Å². The number of nitrogens with zero attached hydrogens (tertiary/aromatic N) is 1. The molecular weight excluding hydrogens is 731 g/mol. The summed E-state index contributed by atoms with van der Waals surface area (Å²) in [6, 6.07) is 44.5. The second kappa shape index (κ2) is 20.1. The van der Waals surface area contributed by atoms with E-state index in [2.05, 4.69) is 6.58 Å². The second-order valence-corrected chi connectivity index (χ2v) is 15.1. The van der Waals surface area contributed by atoms with Crippen LogP contribution >= 0.6 is 0 Å². The van der Waals surface area contributed by atoms with Gasteiger partial charge in [-0.1, -0.05) is 152 Å². The molecule has 5 aromatic rings. The lowest BCUT2D eigenvalue weighted by atomic mass is 9.97. The van der Waals surface area contributed by atoms with E-state index in [-0.39, 0.29) is 44.5 Å². The Labute approximate surface area is 329 Å². The number of ether oxygens (including phenoxy) is 6. The van der Waals surface area contributed by atoms with Crippen molar-refractivity contribution in [3.05, 3.63) is 186 Å². The number of carbonyl (C=O) groups excluding carboxylic acids is 1. The normalized spacial score (nSPS) is 19.6. The van der Waals surface area contributed by atoms with Crippen molar-refractivity contribution in [3.63, 3.8) is 0 Å². The molecule has 1 aliphatic rings. The molecule has 0 bridgehead atoms. The molecule has 5 atom stereocenters. The number of benzene rings is 5. The van der Waals surface area contributed by atoms with Crippen LogP contribution in [-0.2, 0) is 64.9 Å². The van der Waals surface area contributed by atoms with Crippen molar-refractivity contribution >= 4 is 16.1 Å². The summed E-state index contributed by atoms with van der Waals surface area (Å²) >= 11 is 0. The third-order valence-corrected chi connectivity index (χ3v) is 10.9. The number of aryl methyl sites for hydroxylation is 1. The van der Waals surface area contributed by atoms with Crippen molar-refractivity contribution in [2.75, 3.05) is 13.2 Å². The van der Waals surface area contributed by atoms with Crippen LogP contribution in [0.5, 0.6) is 0 Å². The first-order chi connectivity index (χ1) is 27.3. The summed E-state index contributed by atoms with van der Waals surface area (Å²) in [5.41, 5.74) is 4.35. The lowest BCUT2D eigenvalue weighted by Crippen LogP contribution is -2.66. The third-order valence-electron chi connectivity index (χ3n) is 9.17. The van der Waals surface area contributed by atoms with Gasteiger partial charge in [0.15, 0.2) is 6.23 Å². The molecule has 0 N–H and O–H groups in total. The summed E-state index contributed by atoms with van der Waals surface area (Å²) < 4.78 is 68.7. The minimum Gasteiger partial charge on any atom is -0.444 e. The second-order valence-electron chi connectivity index (χ2n) is 13.3. The van der Waals surface area contributed by atoms with Crippen LogP contribution in [0.2, 0.25) is 0 Å². The summed E-state index contributed by atoms with van der Waals surface area (Å²) in [5, 5.41) is 0. The SMILES string of the molecule is C=CCOC(=O)N([C@@H]1O[C@H](COCc2ccccc2)[C@@H](OCc2ccccc2)[C@H](OCc2ccccc2)[C@H]1OCc1ccccc1)S(=O)(=O)c1ccc(C)cc1. The van der Waals surface area contributed by atoms with E-state index in [4.69, 9.17) is 28.4 Å². The number of carbonyl (C=O) groups is 1. The summed E-state index contributed by atoms with van der Waals surface area (Å²) in [6.45, 7) is 5.79. The molecule has 1 fully saturated rings. The van der Waals surface area contributed by atoms with Crippen molar-refractivity contribution in [1.82, 2.24) is 4.31 Å². The van der Waals surface area contributed by atoms with Crippen molar-refractivity contribution < 1.29 is 41.6 Å². The highest BCUT2D eigenvalue weighted by Gasteiger charge is 2.54. The Morgan fingerprint density at radius 3 is 1.57 bits per heavy atom. The summed E-state index contributed by atoms with van der Waals surface area (Å²) in [5.74, 6) is 0. The van der Waals surface area contributed by atoms with E-state index in [1.807, 2.05) is 128 Å². The number of amides is 1. The predicted octanol–water partition coefficient (Wildman–Crippen LogP) is 8.01. The lowest BCUT2D eigenvalue weighted by Gasteiger charge is -2.48. The van der Waals surface area contributed by atoms with E-state index in [0.29, 0.717) is 4.31 Å². The van der Waals surface area contributed by atoms with Crippen LogP contribution in [0, 0.1) is 6.92 Å². The van der Waals surface area contributed by atoms with Crippen molar-refractivity contribution in [2.24, 2.45) is 0 Å². The number of hydrogen-bond donors (Lipinski definition) is 0. The Kier molecular flexibility index (Phi) is 14.6. The molecule has 11 heteroatoms. The maximum Gasteiger partial charge on any atom is 0.426 e. The Morgan fingerprint density at radius 1 is 0.643 bits per heavy atom. The number of rotatable bonds is 18. The molecule has 10 nitrogen and oxygen atoms in total. The standard InChI is InChI=1S/C45H47NO9S/c1-3-28-51-45(47)46(56(48,49)39-26-24-34(2)25-27-39)44-43(54-32-38-22-14-7-15-23-38)42(53-31-37-20-12-6-13-21-37)41(52-30-36-18-10-5-11-19-36)40(55-44)33-50-29-35-16-8-4-9-17-35/h3-27,40-44H,1,28-33H2,2H3/t40-,41-,42+,43-,44-/m1/s1. The first kappa shape index (κ1) is 40.5. The quantitative estimate of drug-likeness (QED) is 0.0818. The van der Waals surface area contributed by atoms with Gasteiger partial charge in [-0.3, -0.25) is 0 Å². The highest BCUT2D eigenvalue weighted by molar-refractivity contribution is 7.89. The van der Waals surface area contributed by atoms with Crippen LogP contribution < -0.4 is 0 Å². The van der Waals surface area contributed by atoms with Gasteiger partial charge in [0, 0.05) is 0 Å². The van der Waals surface area contributed by atoms with E-state index in [1.54, 1.807) is 12.1 Å². The van der Waals surface area contributed by atoms with Crippen molar-refractivity contribution in [1.29, 1.82) is 0 Å². The molecule has 6 rings (SSSR count). The molecule has 1 amide bonds. The van der Waals surface area contributed by atoms with Gasteiger partial charge in [-0.05, 0) is 41.3 Å². The first-order valence-electron chi connectivity index (χ1n) is 18.5. The Balaban J connectivity index is 1.46. The van der Waals surface area contributed by atoms with Gasteiger partial charge in [-0.25, -0.2) is 13.2 Å². The fourth-order valence-corrected chi connectivity index (χ4v) is 7.71. The van der Waals surface area contributed by atoms with Gasteiger partial charge >= 0.3 is 6.09 Å². The average molecular weight is 778 g/mol. The van der Waals surface area contributed by atoms with Gasteiger partial charge < -0.3 is 28.4 Å². The minimum absolute atomic E-state index is 0.0390. The zero-order valence-corrected chi connectivity index (χ0v) is 32.1. The molecule has 0 saturated carbocycles. The van der Waals surface area contributed by atoms with Gasteiger partial charge in [0.2, 0.25) is 0 Å². The summed E-state index contributed by atoms with van der Waals surface area (Å²) in [7, 11) is -4.63. The van der Waals surface area contributed by atoms with Crippen LogP contribution in [0.3, 0.4) is 0 Å². The van der Waals surface area contributed by atoms with Crippen LogP contribution in [-0.4, -0.2) is 62.7 Å². The molecule has 0 radical (unpaired) electrons. The molecule has 1 aliphatic heterocycles. The zero-order valence-electron chi connectivity index (χ0n) is 31.3. The zero-order chi connectivity index (χ0) is 39.2. The van der Waals surface area contributed by atoms with Crippen LogP contribution in [0.15, 0.2) is 163 Å². The number of sulfonamides is 1. The molecule has 1 saturated heterocycles. The molecule has 0 spiro atoms. The maximum atomic E-state index is 14.7. The molecule has 56 heavy (non-hydrogen) atoms. The van der Waals surface area contributed by atoms with E-state index < -0.39 is 46.8 Å². The fourth-order valence-electron chi connectivity index (χ4n) is 6.31. The van der Waals surface area contributed by atoms with E-state index in [1.165, 1.54) is 18.2 Å². The van der Waals surface area contributed by atoms with E-state index in [9.17, 15) is 13.2 Å². The largest absolute Gasteiger partial charge is 0.444 e. The van der Waals surface area contributed by atoms with Crippen LogP contribution in [0.25, 0.3) is 0 Å². The number of hydrogen-bond acceptors (Lipinski definition) is 9. The first-order valence-corrected chi connectivity index (χ1v) is 19.9. The molecule has 292 valence electrons. The minimum atomic E-state index is -4.63. The van der Waals surface area contributed by atoms with Gasteiger partial charge in [-0.2, -0.15) is 4.31 Å². The average Bonchev–Trinajstić information content (AvgIpc) is 3.23. The highest BCUT2D eigenvalue weighted by atomic mass is 32.2. The Bertz CT molecular complexity index is 2050. The van der Waals surface area contributed by atoms with Gasteiger partial charge in [0.05, 0.1) is 37.9 Å². The summed E-state index contributed by atoms with van der Waals surface area (Å²) in [4.78, 5) is 14.0.